The normalized spacial score (nSPS) is 12.1. The highest BCUT2D eigenvalue weighted by molar-refractivity contribution is 6.39. The fourth-order valence-corrected chi connectivity index (χ4v) is 24.4. The van der Waals surface area contributed by atoms with E-state index in [2.05, 4.69) is 516 Å². The Labute approximate surface area is 804 Å². The standard InChI is InChI=1S/C70H42N2.C66H40N2/c1-2-15-49(16-3-1)71-65-24-12-10-21-57(65)62-40-44(30-36-67(62)71)45-31-37-68-63(41-45)58-22-11-13-25-66(58)72(68)50-32-35-52-48(39-50)27-26-46-38-47(29-33-51(46)52)61-42-64-56-20-7-6-18-54(56)55-19-8-9-23-59(55)70(64)69-53-17-5-4-14-43(53)28-34-60(61)69;1-2-15-47(16-3-1)67-61-24-12-10-21-53(61)58-38-43(30-34-63(58)67)44-31-35-64-59(39-44)54-22-11-13-25-62(54)68(64)48-32-28-41-26-27-45(36-46(41)37-48)57-40-60-52-20-7-6-18-50(52)51-19-8-9-23-55(51)66(60)65-49-17-5-4-14-42(49)29-33-56(57)65/h1-42H;1-40H. The molecular weight excluding hydrogens is 1690 g/mol. The zero-order valence-corrected chi connectivity index (χ0v) is 76.1. The summed E-state index contributed by atoms with van der Waals surface area (Å²) in [4.78, 5) is 0. The van der Waals surface area contributed by atoms with Gasteiger partial charge in [0, 0.05) is 65.8 Å². The lowest BCUT2D eigenvalue weighted by Crippen LogP contribution is -1.94. The van der Waals surface area contributed by atoms with Crippen LogP contribution in [0.1, 0.15) is 0 Å². The molecule has 0 fully saturated rings. The van der Waals surface area contributed by atoms with Gasteiger partial charge in [-0.15, -0.1) is 0 Å². The minimum Gasteiger partial charge on any atom is -0.309 e. The molecule has 0 bridgehead atoms. The molecule has 31 aromatic rings. The lowest BCUT2D eigenvalue weighted by Gasteiger charge is -2.18. The van der Waals surface area contributed by atoms with E-state index in [1.165, 1.54) is 283 Å². The molecule has 0 amide bonds. The van der Waals surface area contributed by atoms with E-state index in [0.29, 0.717) is 0 Å². The minimum atomic E-state index is 1.15. The van der Waals surface area contributed by atoms with Crippen LogP contribution in [0.2, 0.25) is 0 Å². The van der Waals surface area contributed by atoms with E-state index < -0.39 is 0 Å². The molecule has 0 saturated carbocycles. The maximum atomic E-state index is 2.47. The molecule has 4 aromatic heterocycles. The van der Waals surface area contributed by atoms with Gasteiger partial charge in [-0.25, -0.2) is 0 Å². The number of hydrogen-bond donors (Lipinski definition) is 0. The molecule has 4 nitrogen and oxygen atoms in total. The number of fused-ring (bicyclic) bond motifs is 36. The molecule has 0 saturated heterocycles. The quantitative estimate of drug-likeness (QED) is 0.135. The van der Waals surface area contributed by atoms with Gasteiger partial charge in [-0.3, -0.25) is 0 Å². The van der Waals surface area contributed by atoms with Crippen LogP contribution in [0.3, 0.4) is 0 Å². The zero-order chi connectivity index (χ0) is 91.5. The Balaban J connectivity index is 0.000000132. The van der Waals surface area contributed by atoms with E-state index in [1.54, 1.807) is 0 Å². The van der Waals surface area contributed by atoms with Crippen molar-refractivity contribution < 1.29 is 0 Å². The molecule has 646 valence electrons. The summed E-state index contributed by atoms with van der Waals surface area (Å²) in [5, 5.41) is 43.2. The summed E-state index contributed by atoms with van der Waals surface area (Å²) < 4.78 is 9.66. The van der Waals surface area contributed by atoms with Crippen LogP contribution >= 0.6 is 0 Å². The van der Waals surface area contributed by atoms with Gasteiger partial charge >= 0.3 is 0 Å². The van der Waals surface area contributed by atoms with Crippen LogP contribution in [0, 0.1) is 0 Å². The average molecular weight is 1770 g/mol. The molecule has 31 rings (SSSR count). The first-order chi connectivity index (χ1) is 69.4. The van der Waals surface area contributed by atoms with E-state index in [1.807, 2.05) is 0 Å². The zero-order valence-electron chi connectivity index (χ0n) is 76.1. The Bertz CT molecular complexity index is 10800. The third-order valence-electron chi connectivity index (χ3n) is 30.6. The fraction of sp³-hybridized carbons (Fsp3) is 0. The van der Waals surface area contributed by atoms with E-state index in [-0.39, 0.29) is 0 Å². The first kappa shape index (κ1) is 77.9. The van der Waals surface area contributed by atoms with Gasteiger partial charge in [0.2, 0.25) is 0 Å². The Morgan fingerprint density at radius 2 is 0.350 bits per heavy atom. The molecule has 4 heteroatoms. The van der Waals surface area contributed by atoms with Gasteiger partial charge in [-0.2, -0.15) is 0 Å². The van der Waals surface area contributed by atoms with Gasteiger partial charge in [0.25, 0.3) is 0 Å². The van der Waals surface area contributed by atoms with E-state index in [0.717, 1.165) is 11.4 Å². The molecule has 0 spiro atoms. The van der Waals surface area contributed by atoms with Crippen molar-refractivity contribution >= 4 is 227 Å². The van der Waals surface area contributed by atoms with Gasteiger partial charge < -0.3 is 18.3 Å². The molecule has 27 aromatic carbocycles. The molecule has 4 heterocycles. The van der Waals surface area contributed by atoms with Gasteiger partial charge in [-0.05, 0) is 330 Å². The summed E-state index contributed by atoms with van der Waals surface area (Å²) in [5.41, 5.74) is 24.1. The number of hydrogen-bond acceptors (Lipinski definition) is 0. The van der Waals surface area contributed by atoms with Crippen molar-refractivity contribution in [1.29, 1.82) is 0 Å². The molecule has 0 aliphatic carbocycles. The van der Waals surface area contributed by atoms with Crippen LogP contribution in [0.15, 0.2) is 497 Å². The third-order valence-corrected chi connectivity index (χ3v) is 30.6. The maximum absolute atomic E-state index is 2.47. The van der Waals surface area contributed by atoms with Gasteiger partial charge in [0.15, 0.2) is 0 Å². The predicted molar refractivity (Wildman–Crippen MR) is 600 cm³/mol. The lowest BCUT2D eigenvalue weighted by molar-refractivity contribution is 1.18. The number of rotatable bonds is 8. The summed E-state index contributed by atoms with van der Waals surface area (Å²) in [5.74, 6) is 0. The molecule has 0 N–H and O–H groups in total. The van der Waals surface area contributed by atoms with Crippen LogP contribution < -0.4 is 0 Å². The largest absolute Gasteiger partial charge is 0.309 e. The molecular formula is C136H82N4. The molecule has 140 heavy (non-hydrogen) atoms. The summed E-state index contributed by atoms with van der Waals surface area (Å²) >= 11 is 0. The number of benzene rings is 27. The molecule has 0 aliphatic rings. The Morgan fingerprint density at radius 1 is 0.100 bits per heavy atom. The fourth-order valence-electron chi connectivity index (χ4n) is 24.4. The summed E-state index contributed by atoms with van der Waals surface area (Å²) in [7, 11) is 0. The first-order valence-corrected chi connectivity index (χ1v) is 48.6. The third kappa shape index (κ3) is 11.7. The maximum Gasteiger partial charge on any atom is 0.0541 e. The number of para-hydroxylation sites is 6. The summed E-state index contributed by atoms with van der Waals surface area (Å²) in [6.45, 7) is 0. The summed E-state index contributed by atoms with van der Waals surface area (Å²) in [6, 6.07) is 185. The minimum absolute atomic E-state index is 1.15. The molecule has 0 unspecified atom stereocenters. The average Bonchev–Trinajstić information content (AvgIpc) is 1.06. The van der Waals surface area contributed by atoms with E-state index >= 15 is 0 Å². The first-order valence-electron chi connectivity index (χ1n) is 48.6. The molecule has 0 aliphatic heterocycles. The van der Waals surface area contributed by atoms with Gasteiger partial charge in [0.1, 0.15) is 0 Å². The van der Waals surface area contributed by atoms with Crippen molar-refractivity contribution in [3.8, 4) is 67.3 Å². The van der Waals surface area contributed by atoms with Crippen molar-refractivity contribution in [3.05, 3.63) is 497 Å². The monoisotopic (exact) mass is 1770 g/mol. The van der Waals surface area contributed by atoms with Gasteiger partial charge in [-0.1, -0.05) is 352 Å². The summed E-state index contributed by atoms with van der Waals surface area (Å²) in [6.07, 6.45) is 0. The van der Waals surface area contributed by atoms with E-state index in [9.17, 15) is 0 Å². The van der Waals surface area contributed by atoms with Crippen LogP contribution in [-0.2, 0) is 0 Å². The second-order valence-corrected chi connectivity index (χ2v) is 38.0. The van der Waals surface area contributed by atoms with Crippen LogP contribution in [-0.4, -0.2) is 18.3 Å². The van der Waals surface area contributed by atoms with Crippen molar-refractivity contribution in [2.24, 2.45) is 0 Å². The van der Waals surface area contributed by atoms with Crippen LogP contribution in [0.5, 0.6) is 0 Å². The highest BCUT2D eigenvalue weighted by Gasteiger charge is 2.25. The van der Waals surface area contributed by atoms with Gasteiger partial charge in [0.05, 0.1) is 44.1 Å². The molecule has 0 radical (unpaired) electrons. The highest BCUT2D eigenvalue weighted by atomic mass is 15.0. The molecule has 0 atom stereocenters. The SMILES string of the molecule is c1ccc(-n2c3ccccc3c3cc(-c4ccc5c(c4)c4ccccc4n5-c4ccc5c(ccc6cc(-c7cc8c9ccccc9c9ccccc9c8c8c7ccc7ccccc78)ccc65)c4)ccc32)cc1.c1ccc(-n2c3ccccc3c3cc(-c4ccc5c(c4)c4ccccc4n5-c4ccc5ccc(-c6cc7c8ccccc8c8ccccc8c7c7c6ccc6ccccc67)cc5c4)ccc32)cc1. The second kappa shape index (κ2) is 30.5. The smallest absolute Gasteiger partial charge is 0.0541 e. The number of nitrogens with zero attached hydrogens (tertiary/aromatic N) is 4. The predicted octanol–water partition coefficient (Wildman–Crippen LogP) is 37.4. The second-order valence-electron chi connectivity index (χ2n) is 38.0. The topological polar surface area (TPSA) is 19.7 Å². The highest BCUT2D eigenvalue weighted by Crippen LogP contribution is 2.51. The Kier molecular flexibility index (Phi) is 17.0. The Morgan fingerprint density at radius 3 is 0.757 bits per heavy atom. The Hall–Kier alpha value is -18.5. The van der Waals surface area contributed by atoms with Crippen molar-refractivity contribution in [2.45, 2.75) is 0 Å². The van der Waals surface area contributed by atoms with Crippen molar-refractivity contribution in [2.75, 3.05) is 0 Å². The number of aromatic nitrogens is 4. The lowest BCUT2D eigenvalue weighted by atomic mass is 9.85. The van der Waals surface area contributed by atoms with Crippen molar-refractivity contribution in [3.63, 3.8) is 0 Å². The van der Waals surface area contributed by atoms with Crippen molar-refractivity contribution in [1.82, 2.24) is 18.3 Å². The van der Waals surface area contributed by atoms with Crippen LogP contribution in [0.25, 0.3) is 295 Å². The van der Waals surface area contributed by atoms with E-state index in [4.69, 9.17) is 0 Å². The van der Waals surface area contributed by atoms with Crippen LogP contribution in [0.4, 0.5) is 0 Å².